The molecule has 3 heterocycles. The van der Waals surface area contributed by atoms with Gasteiger partial charge in [-0.1, -0.05) is 29.0 Å². The minimum atomic E-state index is 0.399. The highest BCUT2D eigenvalue weighted by Gasteiger charge is 2.15. The number of ether oxygens (including phenoxy) is 1. The number of aromatic nitrogens is 6. The molecule has 4 aromatic rings. The van der Waals surface area contributed by atoms with Crippen LogP contribution in [-0.2, 0) is 6.61 Å². The van der Waals surface area contributed by atoms with Crippen LogP contribution in [0.3, 0.4) is 0 Å². The molecule has 0 bridgehead atoms. The number of H-pyrrole nitrogens is 1. The Morgan fingerprint density at radius 2 is 2.00 bits per heavy atom. The van der Waals surface area contributed by atoms with Crippen molar-refractivity contribution in [3.63, 3.8) is 0 Å². The maximum atomic E-state index is 5.76. The van der Waals surface area contributed by atoms with E-state index in [-0.39, 0.29) is 0 Å². The summed E-state index contributed by atoms with van der Waals surface area (Å²) in [6, 6.07) is 9.86. The van der Waals surface area contributed by atoms with E-state index in [9.17, 15) is 0 Å². The summed E-state index contributed by atoms with van der Waals surface area (Å²) in [7, 11) is 0. The van der Waals surface area contributed by atoms with Gasteiger partial charge in [-0.15, -0.1) is 10.2 Å². The summed E-state index contributed by atoms with van der Waals surface area (Å²) in [6.07, 6.45) is 0. The lowest BCUT2D eigenvalue weighted by atomic mass is 10.2. The molecule has 1 N–H and O–H groups in total. The number of rotatable bonds is 4. The second-order valence-electron chi connectivity index (χ2n) is 5.25. The molecule has 23 heavy (non-hydrogen) atoms. The fourth-order valence-corrected chi connectivity index (χ4v) is 2.93. The van der Waals surface area contributed by atoms with Crippen LogP contribution in [0.15, 0.2) is 30.3 Å². The van der Waals surface area contributed by atoms with Gasteiger partial charge in [0, 0.05) is 5.69 Å². The van der Waals surface area contributed by atoms with E-state index in [2.05, 4.69) is 25.5 Å². The number of benzene rings is 1. The van der Waals surface area contributed by atoms with Gasteiger partial charge in [0.15, 0.2) is 5.01 Å². The van der Waals surface area contributed by atoms with Gasteiger partial charge in [0.05, 0.1) is 0 Å². The topological polar surface area (TPSA) is 81.0 Å². The van der Waals surface area contributed by atoms with E-state index in [0.717, 1.165) is 27.1 Å². The molecule has 0 atom stereocenters. The number of aromatic amines is 1. The maximum Gasteiger partial charge on any atom is 0.235 e. The SMILES string of the molecule is Cc1ccc(OCc2nn3c(-c4cc(C)[nH]n4)nnc3s2)cc1. The summed E-state index contributed by atoms with van der Waals surface area (Å²) in [6.45, 7) is 4.39. The molecular formula is C15H14N6OS. The Bertz CT molecular complexity index is 952. The first-order valence-electron chi connectivity index (χ1n) is 7.12. The summed E-state index contributed by atoms with van der Waals surface area (Å²) < 4.78 is 7.46. The van der Waals surface area contributed by atoms with Gasteiger partial charge in [-0.05, 0) is 32.0 Å². The van der Waals surface area contributed by atoms with E-state index in [4.69, 9.17) is 4.74 Å². The molecule has 0 aliphatic carbocycles. The van der Waals surface area contributed by atoms with E-state index >= 15 is 0 Å². The molecular weight excluding hydrogens is 312 g/mol. The number of hydrogen-bond acceptors (Lipinski definition) is 6. The van der Waals surface area contributed by atoms with Crippen LogP contribution in [0.5, 0.6) is 5.75 Å². The maximum absolute atomic E-state index is 5.76. The van der Waals surface area contributed by atoms with E-state index < -0.39 is 0 Å². The zero-order valence-electron chi connectivity index (χ0n) is 12.6. The molecule has 3 aromatic heterocycles. The Hall–Kier alpha value is -2.74. The minimum absolute atomic E-state index is 0.399. The molecule has 0 unspecified atom stereocenters. The first-order chi connectivity index (χ1) is 11.2. The second kappa shape index (κ2) is 5.47. The molecule has 0 radical (unpaired) electrons. The third-order valence-electron chi connectivity index (χ3n) is 3.35. The van der Waals surface area contributed by atoms with Crippen LogP contribution < -0.4 is 4.74 Å². The average Bonchev–Trinajstić information content (AvgIpc) is 3.22. The highest BCUT2D eigenvalue weighted by molar-refractivity contribution is 7.16. The Kier molecular flexibility index (Phi) is 3.30. The summed E-state index contributed by atoms with van der Waals surface area (Å²) in [4.78, 5) is 0.725. The molecule has 7 nitrogen and oxygen atoms in total. The van der Waals surface area contributed by atoms with Gasteiger partial charge in [0.2, 0.25) is 10.8 Å². The largest absolute Gasteiger partial charge is 0.486 e. The molecule has 4 rings (SSSR count). The highest BCUT2D eigenvalue weighted by atomic mass is 32.1. The summed E-state index contributed by atoms with van der Waals surface area (Å²) in [5.74, 6) is 1.45. The van der Waals surface area contributed by atoms with Crippen molar-refractivity contribution in [3.05, 3.63) is 46.6 Å². The monoisotopic (exact) mass is 326 g/mol. The number of aryl methyl sites for hydroxylation is 2. The lowest BCUT2D eigenvalue weighted by Gasteiger charge is -2.03. The van der Waals surface area contributed by atoms with Crippen LogP contribution in [-0.4, -0.2) is 30.0 Å². The highest BCUT2D eigenvalue weighted by Crippen LogP contribution is 2.22. The van der Waals surface area contributed by atoms with Crippen LogP contribution in [0, 0.1) is 13.8 Å². The van der Waals surface area contributed by atoms with Crippen LogP contribution in [0.1, 0.15) is 16.3 Å². The van der Waals surface area contributed by atoms with Crippen molar-refractivity contribution in [2.75, 3.05) is 0 Å². The van der Waals surface area contributed by atoms with Gasteiger partial charge >= 0.3 is 0 Å². The van der Waals surface area contributed by atoms with E-state index in [1.165, 1.54) is 16.9 Å². The van der Waals surface area contributed by atoms with Crippen molar-refractivity contribution in [2.45, 2.75) is 20.5 Å². The van der Waals surface area contributed by atoms with Crippen LogP contribution in [0.4, 0.5) is 0 Å². The Morgan fingerprint density at radius 3 is 2.74 bits per heavy atom. The number of nitrogens with zero attached hydrogens (tertiary/aromatic N) is 5. The van der Waals surface area contributed by atoms with Crippen molar-refractivity contribution in [2.24, 2.45) is 0 Å². The quantitative estimate of drug-likeness (QED) is 0.623. The van der Waals surface area contributed by atoms with Gasteiger partial charge in [-0.25, -0.2) is 0 Å². The fourth-order valence-electron chi connectivity index (χ4n) is 2.19. The van der Waals surface area contributed by atoms with Gasteiger partial charge in [-0.2, -0.15) is 14.7 Å². The fraction of sp³-hybridized carbons (Fsp3) is 0.200. The predicted molar refractivity (Wildman–Crippen MR) is 86.5 cm³/mol. The van der Waals surface area contributed by atoms with Gasteiger partial charge in [0.25, 0.3) is 0 Å². The molecule has 1 aromatic carbocycles. The third kappa shape index (κ3) is 2.68. The van der Waals surface area contributed by atoms with E-state index in [1.54, 1.807) is 4.52 Å². The number of nitrogens with one attached hydrogen (secondary N) is 1. The summed E-state index contributed by atoms with van der Waals surface area (Å²) in [5.41, 5.74) is 2.90. The minimum Gasteiger partial charge on any atom is -0.486 e. The molecule has 0 spiro atoms. The first kappa shape index (κ1) is 13.9. The first-order valence-corrected chi connectivity index (χ1v) is 7.94. The van der Waals surface area contributed by atoms with Crippen LogP contribution >= 0.6 is 11.3 Å². The number of hydrogen-bond donors (Lipinski definition) is 1. The van der Waals surface area contributed by atoms with Gasteiger partial charge in [0.1, 0.15) is 18.1 Å². The van der Waals surface area contributed by atoms with Crippen molar-refractivity contribution < 1.29 is 4.74 Å². The van der Waals surface area contributed by atoms with Crippen molar-refractivity contribution in [1.29, 1.82) is 0 Å². The molecule has 116 valence electrons. The predicted octanol–water partition coefficient (Wildman–Crippen LogP) is 2.77. The molecule has 0 amide bonds. The van der Waals surface area contributed by atoms with Crippen molar-refractivity contribution in [1.82, 2.24) is 30.0 Å². The molecule has 0 fully saturated rings. The normalized spacial score (nSPS) is 11.2. The van der Waals surface area contributed by atoms with Crippen LogP contribution in [0.2, 0.25) is 0 Å². The smallest absolute Gasteiger partial charge is 0.235 e. The van der Waals surface area contributed by atoms with Gasteiger partial charge in [-0.3, -0.25) is 5.10 Å². The Morgan fingerprint density at radius 1 is 1.17 bits per heavy atom. The standard InChI is InChI=1S/C15H14N6OS/c1-9-3-5-11(6-4-9)22-8-13-20-21-14(18-19-15(21)23-13)12-7-10(2)16-17-12/h3-7H,8H2,1-2H3,(H,16,17). The Labute approximate surface area is 136 Å². The lowest BCUT2D eigenvalue weighted by Crippen LogP contribution is -1.97. The van der Waals surface area contributed by atoms with Gasteiger partial charge < -0.3 is 4.74 Å². The number of fused-ring (bicyclic) bond motifs is 1. The molecule has 0 saturated carbocycles. The molecule has 0 saturated heterocycles. The Balaban J connectivity index is 1.57. The zero-order valence-corrected chi connectivity index (χ0v) is 13.5. The van der Waals surface area contributed by atoms with E-state index in [1.807, 2.05) is 44.2 Å². The molecule has 0 aliphatic heterocycles. The summed E-state index contributed by atoms with van der Waals surface area (Å²) >= 11 is 1.46. The zero-order chi connectivity index (χ0) is 15.8. The lowest BCUT2D eigenvalue weighted by molar-refractivity contribution is 0.304. The second-order valence-corrected chi connectivity index (χ2v) is 6.29. The third-order valence-corrected chi connectivity index (χ3v) is 4.22. The van der Waals surface area contributed by atoms with Crippen molar-refractivity contribution >= 4 is 16.3 Å². The van der Waals surface area contributed by atoms with Crippen LogP contribution in [0.25, 0.3) is 16.5 Å². The average molecular weight is 326 g/mol. The van der Waals surface area contributed by atoms with E-state index in [0.29, 0.717) is 12.4 Å². The molecule has 8 heteroatoms. The molecule has 0 aliphatic rings. The van der Waals surface area contributed by atoms with Crippen molar-refractivity contribution in [3.8, 4) is 17.3 Å². The summed E-state index contributed by atoms with van der Waals surface area (Å²) in [5, 5.41) is 20.8.